The van der Waals surface area contributed by atoms with Gasteiger partial charge in [-0.25, -0.2) is 0 Å². The summed E-state index contributed by atoms with van der Waals surface area (Å²) in [5, 5.41) is 10.8. The van der Waals surface area contributed by atoms with Crippen molar-refractivity contribution in [3.63, 3.8) is 0 Å². The number of aliphatic hydroxyl groups is 1. The fraction of sp³-hybridized carbons (Fsp3) is 0.400. The maximum Gasteiger partial charge on any atom is 0.102 e. The third kappa shape index (κ3) is 1.35. The molecule has 1 aromatic rings. The number of hydrogen-bond donors (Lipinski definition) is 2. The van der Waals surface area contributed by atoms with Gasteiger partial charge in [-0.05, 0) is 36.1 Å². The molecule has 2 nitrogen and oxygen atoms in total. The largest absolute Gasteiger partial charge is 0.384 e. The van der Waals surface area contributed by atoms with E-state index in [1.165, 1.54) is 0 Å². The van der Waals surface area contributed by atoms with Crippen molar-refractivity contribution in [2.24, 2.45) is 5.73 Å². The van der Waals surface area contributed by atoms with Crippen LogP contribution in [-0.4, -0.2) is 11.7 Å². The predicted octanol–water partition coefficient (Wildman–Crippen LogP) is 1.43. The standard InChI is InChI=1S/C10H12ClNO/c11-8-1-2-9-7(5-8)3-4-10(9,13)6-12/h1-2,5,13H,3-4,6,12H2. The van der Waals surface area contributed by atoms with E-state index in [-0.39, 0.29) is 6.54 Å². The van der Waals surface area contributed by atoms with Crippen molar-refractivity contribution < 1.29 is 5.11 Å². The molecule has 1 aromatic carbocycles. The Balaban J connectivity index is 2.49. The minimum atomic E-state index is -0.820. The van der Waals surface area contributed by atoms with Crippen LogP contribution in [0.2, 0.25) is 5.02 Å². The number of hydrogen-bond acceptors (Lipinski definition) is 2. The molecule has 0 heterocycles. The summed E-state index contributed by atoms with van der Waals surface area (Å²) in [5.41, 5.74) is 6.79. The van der Waals surface area contributed by atoms with Crippen molar-refractivity contribution in [2.45, 2.75) is 18.4 Å². The summed E-state index contributed by atoms with van der Waals surface area (Å²) in [4.78, 5) is 0. The van der Waals surface area contributed by atoms with Gasteiger partial charge in [0, 0.05) is 11.6 Å². The van der Waals surface area contributed by atoms with E-state index in [2.05, 4.69) is 0 Å². The molecule has 0 spiro atoms. The molecule has 1 atom stereocenters. The molecule has 1 aliphatic rings. The number of benzene rings is 1. The third-order valence-electron chi connectivity index (χ3n) is 2.71. The zero-order chi connectivity index (χ0) is 9.47. The van der Waals surface area contributed by atoms with Crippen LogP contribution < -0.4 is 5.73 Å². The lowest BCUT2D eigenvalue weighted by atomic mass is 9.96. The lowest BCUT2D eigenvalue weighted by Crippen LogP contribution is -2.32. The van der Waals surface area contributed by atoms with Crippen molar-refractivity contribution in [1.82, 2.24) is 0 Å². The van der Waals surface area contributed by atoms with Crippen LogP contribution in [0.25, 0.3) is 0 Å². The minimum Gasteiger partial charge on any atom is -0.384 e. The first-order valence-electron chi connectivity index (χ1n) is 4.37. The van der Waals surface area contributed by atoms with Crippen LogP contribution in [0.1, 0.15) is 17.5 Å². The molecule has 70 valence electrons. The first-order valence-corrected chi connectivity index (χ1v) is 4.75. The van der Waals surface area contributed by atoms with Crippen LogP contribution >= 0.6 is 11.6 Å². The Morgan fingerprint density at radius 3 is 3.00 bits per heavy atom. The van der Waals surface area contributed by atoms with E-state index in [0.717, 1.165) is 22.6 Å². The Labute approximate surface area is 82.3 Å². The van der Waals surface area contributed by atoms with E-state index >= 15 is 0 Å². The fourth-order valence-corrected chi connectivity index (χ4v) is 2.11. The monoisotopic (exact) mass is 197 g/mol. The van der Waals surface area contributed by atoms with Crippen molar-refractivity contribution in [2.75, 3.05) is 6.54 Å². The maximum absolute atomic E-state index is 10.1. The second-order valence-electron chi connectivity index (χ2n) is 3.54. The van der Waals surface area contributed by atoms with Gasteiger partial charge >= 0.3 is 0 Å². The van der Waals surface area contributed by atoms with Gasteiger partial charge in [0.1, 0.15) is 5.60 Å². The van der Waals surface area contributed by atoms with Gasteiger partial charge in [-0.3, -0.25) is 0 Å². The molecule has 0 radical (unpaired) electrons. The van der Waals surface area contributed by atoms with Gasteiger partial charge in [0.25, 0.3) is 0 Å². The number of halogens is 1. The van der Waals surface area contributed by atoms with Gasteiger partial charge in [0.05, 0.1) is 0 Å². The van der Waals surface area contributed by atoms with Crippen LogP contribution in [0.5, 0.6) is 0 Å². The molecule has 0 amide bonds. The Hall–Kier alpha value is -0.570. The maximum atomic E-state index is 10.1. The molecule has 0 saturated carbocycles. The molecule has 0 aromatic heterocycles. The molecule has 3 N–H and O–H groups in total. The second-order valence-corrected chi connectivity index (χ2v) is 3.97. The van der Waals surface area contributed by atoms with Crippen LogP contribution in [-0.2, 0) is 12.0 Å². The number of nitrogens with two attached hydrogens (primary N) is 1. The molecule has 0 bridgehead atoms. The normalized spacial score (nSPS) is 26.1. The van der Waals surface area contributed by atoms with E-state index in [0.29, 0.717) is 6.42 Å². The summed E-state index contributed by atoms with van der Waals surface area (Å²) >= 11 is 5.85. The second kappa shape index (κ2) is 2.98. The highest BCUT2D eigenvalue weighted by Crippen LogP contribution is 2.37. The van der Waals surface area contributed by atoms with E-state index in [4.69, 9.17) is 17.3 Å². The molecule has 0 saturated heterocycles. The van der Waals surface area contributed by atoms with Crippen LogP contribution in [0.3, 0.4) is 0 Å². The van der Waals surface area contributed by atoms with E-state index in [9.17, 15) is 5.11 Å². The van der Waals surface area contributed by atoms with E-state index in [1.54, 1.807) is 6.07 Å². The van der Waals surface area contributed by atoms with Crippen LogP contribution in [0.4, 0.5) is 0 Å². The average molecular weight is 198 g/mol. The SMILES string of the molecule is NCC1(O)CCc2cc(Cl)ccc21. The lowest BCUT2D eigenvalue weighted by molar-refractivity contribution is 0.0481. The molecule has 0 aliphatic heterocycles. The van der Waals surface area contributed by atoms with Crippen molar-refractivity contribution >= 4 is 11.6 Å². The fourth-order valence-electron chi connectivity index (χ4n) is 1.91. The zero-order valence-electron chi connectivity index (χ0n) is 7.26. The van der Waals surface area contributed by atoms with Crippen LogP contribution in [0, 0.1) is 0 Å². The predicted molar refractivity (Wildman–Crippen MR) is 52.7 cm³/mol. The summed E-state index contributed by atoms with van der Waals surface area (Å²) in [6.45, 7) is 0.279. The van der Waals surface area contributed by atoms with Gasteiger partial charge < -0.3 is 10.8 Å². The molecule has 3 heteroatoms. The van der Waals surface area contributed by atoms with E-state index < -0.39 is 5.60 Å². The highest BCUT2D eigenvalue weighted by Gasteiger charge is 2.35. The molecule has 13 heavy (non-hydrogen) atoms. The molecule has 0 fully saturated rings. The van der Waals surface area contributed by atoms with Crippen molar-refractivity contribution in [3.05, 3.63) is 34.3 Å². The van der Waals surface area contributed by atoms with Gasteiger partial charge in [-0.1, -0.05) is 17.7 Å². The zero-order valence-corrected chi connectivity index (χ0v) is 8.01. The average Bonchev–Trinajstić information content (AvgIpc) is 2.45. The Morgan fingerprint density at radius 1 is 1.54 bits per heavy atom. The Bertz CT molecular complexity index is 340. The summed E-state index contributed by atoms with van der Waals surface area (Å²) in [7, 11) is 0. The van der Waals surface area contributed by atoms with Gasteiger partial charge in [-0.2, -0.15) is 0 Å². The Kier molecular flexibility index (Phi) is 2.06. The minimum absolute atomic E-state index is 0.279. The summed E-state index contributed by atoms with van der Waals surface area (Å²) < 4.78 is 0. The first kappa shape index (κ1) is 9.00. The number of aryl methyl sites for hydroxylation is 1. The van der Waals surface area contributed by atoms with Gasteiger partial charge in [0.2, 0.25) is 0 Å². The van der Waals surface area contributed by atoms with Crippen LogP contribution in [0.15, 0.2) is 18.2 Å². The molecule has 1 unspecified atom stereocenters. The smallest absolute Gasteiger partial charge is 0.102 e. The van der Waals surface area contributed by atoms with Crippen molar-refractivity contribution in [1.29, 1.82) is 0 Å². The molecule has 1 aliphatic carbocycles. The highest BCUT2D eigenvalue weighted by molar-refractivity contribution is 6.30. The Morgan fingerprint density at radius 2 is 2.31 bits per heavy atom. The van der Waals surface area contributed by atoms with E-state index in [1.807, 2.05) is 12.1 Å². The highest BCUT2D eigenvalue weighted by atomic mass is 35.5. The van der Waals surface area contributed by atoms with Gasteiger partial charge in [0.15, 0.2) is 0 Å². The molecule has 2 rings (SSSR count). The summed E-state index contributed by atoms with van der Waals surface area (Å²) in [6, 6.07) is 5.58. The first-order chi connectivity index (χ1) is 6.15. The summed E-state index contributed by atoms with van der Waals surface area (Å²) in [5.74, 6) is 0. The quantitative estimate of drug-likeness (QED) is 0.716. The molecular weight excluding hydrogens is 186 g/mol. The summed E-state index contributed by atoms with van der Waals surface area (Å²) in [6.07, 6.45) is 1.57. The number of rotatable bonds is 1. The topological polar surface area (TPSA) is 46.2 Å². The van der Waals surface area contributed by atoms with Crippen molar-refractivity contribution in [3.8, 4) is 0 Å². The molecular formula is C10H12ClNO. The number of fused-ring (bicyclic) bond motifs is 1. The lowest BCUT2D eigenvalue weighted by Gasteiger charge is -2.21. The third-order valence-corrected chi connectivity index (χ3v) is 2.95. The van der Waals surface area contributed by atoms with Gasteiger partial charge in [-0.15, -0.1) is 0 Å².